The molecule has 2 aliphatic rings. The molecule has 9 heteroatoms. The Morgan fingerprint density at radius 2 is 2.04 bits per heavy atom. The molecular weight excluding hydrogens is 377 g/mol. The lowest BCUT2D eigenvalue weighted by Gasteiger charge is -2.37. The number of pyridine rings is 1. The molecule has 2 aliphatic heterocycles. The van der Waals surface area contributed by atoms with Gasteiger partial charge >= 0.3 is 5.97 Å². The molecule has 146 valence electrons. The molecule has 1 unspecified atom stereocenters. The number of carboxylic acid groups (broad SMARTS) is 1. The summed E-state index contributed by atoms with van der Waals surface area (Å²) < 4.78 is 88.9. The highest BCUT2D eigenvalue weighted by Gasteiger charge is 2.30. The van der Waals surface area contributed by atoms with Crippen molar-refractivity contribution in [1.82, 2.24) is 9.47 Å². The fourth-order valence-corrected chi connectivity index (χ4v) is 2.99. The topological polar surface area (TPSA) is 75.0 Å². The molecule has 1 N–H and O–H groups in total. The quantitative estimate of drug-likeness (QED) is 0.823. The van der Waals surface area contributed by atoms with Crippen molar-refractivity contribution in [2.75, 3.05) is 44.5 Å². The van der Waals surface area contributed by atoms with Gasteiger partial charge in [0, 0.05) is 37.7 Å². The molecule has 1 aromatic heterocycles. The van der Waals surface area contributed by atoms with Gasteiger partial charge in [0.15, 0.2) is 11.6 Å². The third-order valence-electron chi connectivity index (χ3n) is 4.25. The number of piperazine rings is 1. The fourth-order valence-electron chi connectivity index (χ4n) is 2.99. The van der Waals surface area contributed by atoms with Gasteiger partial charge < -0.3 is 24.2 Å². The smallest absolute Gasteiger partial charge is 0.341 e. The molecule has 0 amide bonds. The monoisotopic (exact) mass is 405 g/mol. The molecule has 1 saturated heterocycles. The number of halogens is 2. The molecular formula is C18H21ClFN3O4. The standard InChI is InChI=1S/C18H20FN3O4.ClH/c1-10-9-26-17-14-11(16(23)12(18(24)25)8-22(10)14)7-13(19)15(17)21-5-3-20(2)4-6-21;/h7-8,10H,3-6,9H2,1-2H3,(H,24,25);1H/i3D2,4D2,5D2,6D2;. The second-order valence-electron chi connectivity index (χ2n) is 6.02. The van der Waals surface area contributed by atoms with Crippen LogP contribution in [0.25, 0.3) is 10.9 Å². The first-order valence-corrected chi connectivity index (χ1v) is 7.72. The number of ether oxygens (including phenoxy) is 1. The summed E-state index contributed by atoms with van der Waals surface area (Å²) in [6.07, 6.45) is 1.02. The van der Waals surface area contributed by atoms with E-state index in [1.807, 2.05) is 0 Å². The maximum Gasteiger partial charge on any atom is 0.341 e. The van der Waals surface area contributed by atoms with Crippen LogP contribution in [0.15, 0.2) is 17.1 Å². The molecule has 1 aromatic carbocycles. The van der Waals surface area contributed by atoms with Crippen LogP contribution in [0.1, 0.15) is 34.3 Å². The Labute approximate surface area is 172 Å². The second kappa shape index (κ2) is 7.01. The molecule has 0 spiro atoms. The van der Waals surface area contributed by atoms with Crippen molar-refractivity contribution < 1.29 is 30.0 Å². The van der Waals surface area contributed by atoms with Crippen molar-refractivity contribution in [2.24, 2.45) is 0 Å². The van der Waals surface area contributed by atoms with Gasteiger partial charge in [-0.2, -0.15) is 0 Å². The predicted octanol–water partition coefficient (Wildman–Crippen LogP) is 1.97. The van der Waals surface area contributed by atoms with E-state index in [1.165, 1.54) is 4.57 Å². The Morgan fingerprint density at radius 3 is 2.67 bits per heavy atom. The van der Waals surface area contributed by atoms with Gasteiger partial charge in [0.05, 0.1) is 22.4 Å². The Bertz CT molecular complexity index is 1280. The SMILES string of the molecule is Cl.[2H]C1([2H])N(C)C([2H])([2H])C([2H])([2H])N(c2c(F)cc3c(=O)c(C(=O)O)cn4c3c2OCC4C)C1([2H])[2H]. The average molecular weight is 406 g/mol. The van der Waals surface area contributed by atoms with Crippen molar-refractivity contribution in [3.63, 3.8) is 0 Å². The first-order valence-electron chi connectivity index (χ1n) is 11.7. The summed E-state index contributed by atoms with van der Waals surface area (Å²) >= 11 is 0. The van der Waals surface area contributed by atoms with Crippen LogP contribution in [-0.2, 0) is 0 Å². The Kier molecular flexibility index (Phi) is 2.99. The largest absolute Gasteiger partial charge is 0.487 e. The van der Waals surface area contributed by atoms with Crippen LogP contribution >= 0.6 is 12.4 Å². The number of likely N-dealkylation sites (N-methyl/N-ethyl adjacent to an activating group) is 1. The van der Waals surface area contributed by atoms with E-state index in [4.69, 9.17) is 15.7 Å². The van der Waals surface area contributed by atoms with Gasteiger partial charge in [0.25, 0.3) is 0 Å². The summed E-state index contributed by atoms with van der Waals surface area (Å²) in [4.78, 5) is 24.6. The van der Waals surface area contributed by atoms with Gasteiger partial charge in [0.2, 0.25) is 5.43 Å². The zero-order valence-electron chi connectivity index (χ0n) is 22.2. The highest BCUT2D eigenvalue weighted by atomic mass is 35.5. The zero-order chi connectivity index (χ0) is 25.8. The van der Waals surface area contributed by atoms with Crippen LogP contribution < -0.4 is 15.1 Å². The van der Waals surface area contributed by atoms with Gasteiger partial charge in [0.1, 0.15) is 17.9 Å². The second-order valence-corrected chi connectivity index (χ2v) is 6.02. The van der Waals surface area contributed by atoms with E-state index in [-0.39, 0.29) is 34.3 Å². The minimum atomic E-state index is -3.33. The van der Waals surface area contributed by atoms with Crippen molar-refractivity contribution in [2.45, 2.75) is 13.0 Å². The van der Waals surface area contributed by atoms with Gasteiger partial charge in [-0.25, -0.2) is 9.18 Å². The van der Waals surface area contributed by atoms with E-state index in [9.17, 15) is 14.7 Å². The first kappa shape index (κ1) is 11.5. The number of rotatable bonds is 2. The zero-order valence-corrected chi connectivity index (χ0v) is 15.1. The number of anilines is 1. The number of benzene rings is 1. The van der Waals surface area contributed by atoms with Crippen molar-refractivity contribution in [1.29, 1.82) is 0 Å². The van der Waals surface area contributed by atoms with E-state index in [2.05, 4.69) is 0 Å². The van der Waals surface area contributed by atoms with Crippen LogP contribution in [0, 0.1) is 5.82 Å². The molecule has 2 aromatic rings. The third-order valence-corrected chi connectivity index (χ3v) is 4.25. The maximum atomic E-state index is 15.6. The number of hydrogen-bond acceptors (Lipinski definition) is 5. The molecule has 3 heterocycles. The summed E-state index contributed by atoms with van der Waals surface area (Å²) in [5, 5.41) is 8.98. The molecule has 0 aliphatic carbocycles. The highest BCUT2D eigenvalue weighted by molar-refractivity contribution is 5.97. The van der Waals surface area contributed by atoms with Crippen LogP contribution in [0.2, 0.25) is 0 Å². The van der Waals surface area contributed by atoms with Crippen LogP contribution in [-0.4, -0.2) is 60.2 Å². The van der Waals surface area contributed by atoms with E-state index in [1.54, 1.807) is 6.92 Å². The molecule has 0 saturated carbocycles. The van der Waals surface area contributed by atoms with Crippen LogP contribution in [0.5, 0.6) is 5.75 Å². The van der Waals surface area contributed by atoms with E-state index in [0.29, 0.717) is 6.07 Å². The molecule has 1 fully saturated rings. The first-order chi connectivity index (χ1) is 15.4. The Morgan fingerprint density at radius 1 is 1.37 bits per heavy atom. The summed E-state index contributed by atoms with van der Waals surface area (Å²) in [6, 6.07) is 0.0575. The summed E-state index contributed by atoms with van der Waals surface area (Å²) in [6.45, 7) is -11.5. The lowest BCUT2D eigenvalue weighted by Crippen LogP contribution is -2.45. The van der Waals surface area contributed by atoms with Gasteiger partial charge in [-0.1, -0.05) is 0 Å². The third kappa shape index (κ3) is 3.02. The number of hydrogen-bond donors (Lipinski definition) is 1. The van der Waals surface area contributed by atoms with Gasteiger partial charge in [-0.3, -0.25) is 4.79 Å². The summed E-state index contributed by atoms with van der Waals surface area (Å²) in [5.41, 5.74) is -2.75. The van der Waals surface area contributed by atoms with Crippen molar-refractivity contribution in [3.05, 3.63) is 33.9 Å². The molecule has 4 rings (SSSR count). The number of aromatic nitrogens is 1. The van der Waals surface area contributed by atoms with Gasteiger partial charge in [-0.05, 0) is 20.0 Å². The fraction of sp³-hybridized carbons (Fsp3) is 0.444. The maximum absolute atomic E-state index is 15.6. The molecule has 27 heavy (non-hydrogen) atoms. The predicted molar refractivity (Wildman–Crippen MR) is 102 cm³/mol. The number of nitrogens with zero attached hydrogens (tertiary/aromatic N) is 3. The lowest BCUT2D eigenvalue weighted by molar-refractivity contribution is 0.0694. The van der Waals surface area contributed by atoms with Crippen LogP contribution in [0.3, 0.4) is 0 Å². The lowest BCUT2D eigenvalue weighted by atomic mass is 10.1. The van der Waals surface area contributed by atoms with E-state index < -0.39 is 71.6 Å². The minimum Gasteiger partial charge on any atom is -0.487 e. The van der Waals surface area contributed by atoms with E-state index >= 15 is 4.39 Å². The number of carboxylic acids is 1. The average Bonchev–Trinajstić information content (AvgIpc) is 2.71. The van der Waals surface area contributed by atoms with E-state index in [0.717, 1.165) is 13.2 Å². The molecule has 0 bridgehead atoms. The Balaban J connectivity index is 0.00000342. The van der Waals surface area contributed by atoms with Crippen molar-refractivity contribution >= 4 is 35.0 Å². The summed E-state index contributed by atoms with van der Waals surface area (Å²) in [7, 11) is 0.872. The van der Waals surface area contributed by atoms with Crippen LogP contribution in [0.4, 0.5) is 10.1 Å². The Hall–Kier alpha value is -2.32. The molecule has 7 nitrogen and oxygen atoms in total. The normalized spacial score (nSPS) is 31.4. The van der Waals surface area contributed by atoms with Crippen molar-refractivity contribution in [3.8, 4) is 5.75 Å². The molecule has 1 atom stereocenters. The minimum absolute atomic E-state index is 0. The highest BCUT2D eigenvalue weighted by Crippen LogP contribution is 2.42. The number of aromatic carboxylic acids is 1. The van der Waals surface area contributed by atoms with Gasteiger partial charge in [-0.15, -0.1) is 12.4 Å². The number of carbonyl (C=O) groups is 1. The molecule has 0 radical (unpaired) electrons. The summed E-state index contributed by atoms with van der Waals surface area (Å²) in [5.74, 6) is -3.48.